The Kier molecular flexibility index (Phi) is 4.57. The van der Waals surface area contributed by atoms with Crippen LogP contribution in [-0.2, 0) is 9.59 Å². The van der Waals surface area contributed by atoms with E-state index in [1.165, 1.54) is 0 Å². The van der Waals surface area contributed by atoms with Crippen molar-refractivity contribution in [3.8, 4) is 0 Å². The van der Waals surface area contributed by atoms with E-state index >= 15 is 0 Å². The lowest BCUT2D eigenvalue weighted by Crippen LogP contribution is -2.56. The Bertz CT molecular complexity index is 504. The smallest absolute Gasteiger partial charge is 0.238 e. The Hall–Kier alpha value is -2.08. The Morgan fingerprint density at radius 1 is 1.55 bits per heavy atom. The molecule has 4 N–H and O–H groups in total. The molecule has 0 saturated carbocycles. The number of carbonyl (C=O) groups is 2. The molecule has 1 atom stereocenters. The first kappa shape index (κ1) is 14.3. The molecule has 0 aliphatic carbocycles. The predicted octanol–water partition coefficient (Wildman–Crippen LogP) is 0.418. The van der Waals surface area contributed by atoms with Gasteiger partial charge in [0.15, 0.2) is 0 Å². The van der Waals surface area contributed by atoms with Crippen LogP contribution in [0.2, 0.25) is 0 Å². The second-order valence-electron chi connectivity index (χ2n) is 4.86. The van der Waals surface area contributed by atoms with Gasteiger partial charge in [-0.05, 0) is 24.6 Å². The van der Waals surface area contributed by atoms with Gasteiger partial charge in [0, 0.05) is 24.5 Å². The maximum atomic E-state index is 12.0. The lowest BCUT2D eigenvalue weighted by molar-refractivity contribution is -0.130. The first-order chi connectivity index (χ1) is 9.60. The summed E-state index contributed by atoms with van der Waals surface area (Å²) in [7, 11) is 0. The SMILES string of the molecule is CCC1C(=O)NCCN1CC(=O)Nc1cccc(N)c1. The van der Waals surface area contributed by atoms with Crippen LogP contribution in [-0.4, -0.2) is 42.4 Å². The molecule has 0 bridgehead atoms. The van der Waals surface area contributed by atoms with Gasteiger partial charge >= 0.3 is 0 Å². The van der Waals surface area contributed by atoms with Crippen LogP contribution in [0.4, 0.5) is 11.4 Å². The molecular formula is C14H20N4O2. The second-order valence-corrected chi connectivity index (χ2v) is 4.86. The summed E-state index contributed by atoms with van der Waals surface area (Å²) in [4.78, 5) is 25.7. The molecule has 1 aromatic rings. The lowest BCUT2D eigenvalue weighted by atomic mass is 10.1. The van der Waals surface area contributed by atoms with Crippen molar-refractivity contribution in [1.29, 1.82) is 0 Å². The number of nitrogens with zero attached hydrogens (tertiary/aromatic N) is 1. The van der Waals surface area contributed by atoms with Crippen LogP contribution in [0.25, 0.3) is 0 Å². The Morgan fingerprint density at radius 2 is 2.35 bits per heavy atom. The third kappa shape index (κ3) is 3.48. The van der Waals surface area contributed by atoms with Gasteiger partial charge in [-0.2, -0.15) is 0 Å². The number of piperazine rings is 1. The van der Waals surface area contributed by atoms with Gasteiger partial charge < -0.3 is 16.4 Å². The van der Waals surface area contributed by atoms with Gasteiger partial charge in [0.25, 0.3) is 0 Å². The summed E-state index contributed by atoms with van der Waals surface area (Å²) in [5, 5.41) is 5.61. The Labute approximate surface area is 118 Å². The zero-order valence-corrected chi connectivity index (χ0v) is 11.6. The van der Waals surface area contributed by atoms with E-state index in [0.717, 1.165) is 0 Å². The van der Waals surface area contributed by atoms with Crippen molar-refractivity contribution in [2.75, 3.05) is 30.7 Å². The molecule has 6 nitrogen and oxygen atoms in total. The zero-order valence-electron chi connectivity index (χ0n) is 11.6. The highest BCUT2D eigenvalue weighted by molar-refractivity contribution is 5.93. The minimum absolute atomic E-state index is 0.00416. The number of hydrogen-bond acceptors (Lipinski definition) is 4. The Balaban J connectivity index is 1.95. The molecule has 108 valence electrons. The van der Waals surface area contributed by atoms with Crippen LogP contribution >= 0.6 is 0 Å². The number of benzene rings is 1. The number of carbonyl (C=O) groups excluding carboxylic acids is 2. The molecule has 6 heteroatoms. The maximum absolute atomic E-state index is 12.0. The molecule has 0 aromatic heterocycles. The summed E-state index contributed by atoms with van der Waals surface area (Å²) in [6.07, 6.45) is 0.692. The van der Waals surface area contributed by atoms with Gasteiger partial charge in [0.05, 0.1) is 12.6 Å². The molecule has 1 heterocycles. The zero-order chi connectivity index (χ0) is 14.5. The molecule has 20 heavy (non-hydrogen) atoms. The third-order valence-electron chi connectivity index (χ3n) is 3.35. The molecule has 1 saturated heterocycles. The number of nitrogens with two attached hydrogens (primary N) is 1. The van der Waals surface area contributed by atoms with Gasteiger partial charge in [-0.15, -0.1) is 0 Å². The topological polar surface area (TPSA) is 87.5 Å². The van der Waals surface area contributed by atoms with E-state index in [4.69, 9.17) is 5.73 Å². The number of amides is 2. The third-order valence-corrected chi connectivity index (χ3v) is 3.35. The molecule has 1 unspecified atom stereocenters. The predicted molar refractivity (Wildman–Crippen MR) is 78.1 cm³/mol. The summed E-state index contributed by atoms with van der Waals surface area (Å²) in [6.45, 7) is 3.43. The quantitative estimate of drug-likeness (QED) is 0.695. The summed E-state index contributed by atoms with van der Waals surface area (Å²) in [5.41, 5.74) is 6.94. The van der Waals surface area contributed by atoms with E-state index in [1.807, 2.05) is 11.8 Å². The van der Waals surface area contributed by atoms with Gasteiger partial charge in [-0.25, -0.2) is 0 Å². The van der Waals surface area contributed by atoms with Crippen molar-refractivity contribution in [2.45, 2.75) is 19.4 Å². The highest BCUT2D eigenvalue weighted by atomic mass is 16.2. The van der Waals surface area contributed by atoms with E-state index in [1.54, 1.807) is 24.3 Å². The standard InChI is InChI=1S/C14H20N4O2/c1-2-12-14(20)16-6-7-18(12)9-13(19)17-11-5-3-4-10(15)8-11/h3-5,8,12H,2,6-7,9,15H2,1H3,(H,16,20)(H,17,19). The molecule has 2 rings (SSSR count). The van der Waals surface area contributed by atoms with Crippen molar-refractivity contribution >= 4 is 23.2 Å². The van der Waals surface area contributed by atoms with Crippen molar-refractivity contribution in [3.63, 3.8) is 0 Å². The summed E-state index contributed by atoms with van der Waals surface area (Å²) < 4.78 is 0. The number of hydrogen-bond donors (Lipinski definition) is 3. The number of nitrogen functional groups attached to an aromatic ring is 1. The highest BCUT2D eigenvalue weighted by Gasteiger charge is 2.29. The molecule has 0 radical (unpaired) electrons. The van der Waals surface area contributed by atoms with Crippen LogP contribution in [0.1, 0.15) is 13.3 Å². The maximum Gasteiger partial charge on any atom is 0.238 e. The van der Waals surface area contributed by atoms with Crippen LogP contribution in [0.3, 0.4) is 0 Å². The van der Waals surface area contributed by atoms with Crippen molar-refractivity contribution in [2.24, 2.45) is 0 Å². The van der Waals surface area contributed by atoms with E-state index in [-0.39, 0.29) is 24.4 Å². The summed E-state index contributed by atoms with van der Waals surface area (Å²) in [5.74, 6) is -0.140. The highest BCUT2D eigenvalue weighted by Crippen LogP contribution is 2.13. The fourth-order valence-corrected chi connectivity index (χ4v) is 2.40. The number of rotatable bonds is 4. The van der Waals surface area contributed by atoms with Crippen molar-refractivity contribution < 1.29 is 9.59 Å². The summed E-state index contributed by atoms with van der Waals surface area (Å²) in [6, 6.07) is 6.81. The fraction of sp³-hybridized carbons (Fsp3) is 0.429. The second kappa shape index (κ2) is 6.38. The van der Waals surface area contributed by atoms with Crippen molar-refractivity contribution in [3.05, 3.63) is 24.3 Å². The molecule has 2 amide bonds. The minimum atomic E-state index is -0.227. The average Bonchev–Trinajstić information content (AvgIpc) is 2.38. The monoisotopic (exact) mass is 276 g/mol. The first-order valence-electron chi connectivity index (χ1n) is 6.77. The first-order valence-corrected chi connectivity index (χ1v) is 6.77. The normalized spacial score (nSPS) is 19.4. The van der Waals surface area contributed by atoms with Crippen LogP contribution in [0, 0.1) is 0 Å². The number of anilines is 2. The van der Waals surface area contributed by atoms with Gasteiger partial charge in [0.2, 0.25) is 11.8 Å². The van der Waals surface area contributed by atoms with Crippen molar-refractivity contribution in [1.82, 2.24) is 10.2 Å². The van der Waals surface area contributed by atoms with Gasteiger partial charge in [-0.1, -0.05) is 13.0 Å². The van der Waals surface area contributed by atoms with E-state index in [0.29, 0.717) is 30.9 Å². The van der Waals surface area contributed by atoms with Crippen LogP contribution in [0.5, 0.6) is 0 Å². The van der Waals surface area contributed by atoms with Gasteiger partial charge in [0.1, 0.15) is 0 Å². The molecule has 0 spiro atoms. The Morgan fingerprint density at radius 3 is 3.05 bits per heavy atom. The molecular weight excluding hydrogens is 256 g/mol. The minimum Gasteiger partial charge on any atom is -0.399 e. The molecule has 1 fully saturated rings. The van der Waals surface area contributed by atoms with Crippen LogP contribution < -0.4 is 16.4 Å². The lowest BCUT2D eigenvalue weighted by Gasteiger charge is -2.33. The van der Waals surface area contributed by atoms with E-state index in [2.05, 4.69) is 10.6 Å². The van der Waals surface area contributed by atoms with Gasteiger partial charge in [-0.3, -0.25) is 14.5 Å². The van der Waals surface area contributed by atoms with E-state index < -0.39 is 0 Å². The van der Waals surface area contributed by atoms with Crippen LogP contribution in [0.15, 0.2) is 24.3 Å². The average molecular weight is 276 g/mol. The van der Waals surface area contributed by atoms with E-state index in [9.17, 15) is 9.59 Å². The fourth-order valence-electron chi connectivity index (χ4n) is 2.40. The molecule has 1 aromatic carbocycles. The summed E-state index contributed by atoms with van der Waals surface area (Å²) >= 11 is 0. The molecule has 1 aliphatic rings. The molecule has 1 aliphatic heterocycles. The number of nitrogens with one attached hydrogen (secondary N) is 2. The largest absolute Gasteiger partial charge is 0.399 e.